The van der Waals surface area contributed by atoms with Gasteiger partial charge in [0, 0.05) is 18.0 Å². The van der Waals surface area contributed by atoms with Crippen LogP contribution < -0.4 is 10.1 Å². The zero-order valence-electron chi connectivity index (χ0n) is 12.9. The van der Waals surface area contributed by atoms with Crippen LogP contribution in [0.25, 0.3) is 5.65 Å². The molecule has 0 saturated carbocycles. The number of aromatic nitrogens is 2. The molecule has 124 valence electrons. The Labute approximate surface area is 136 Å². The van der Waals surface area contributed by atoms with Gasteiger partial charge in [-0.3, -0.25) is 4.79 Å². The van der Waals surface area contributed by atoms with E-state index in [4.69, 9.17) is 0 Å². The molecule has 1 aromatic carbocycles. The number of nitrogens with one attached hydrogen (secondary N) is 1. The molecule has 0 aliphatic carbocycles. The zero-order valence-corrected chi connectivity index (χ0v) is 12.9. The van der Waals surface area contributed by atoms with Crippen molar-refractivity contribution in [2.75, 3.05) is 0 Å². The molecule has 1 amide bonds. The highest BCUT2D eigenvalue weighted by Crippen LogP contribution is 2.15. The van der Waals surface area contributed by atoms with Crippen LogP contribution in [0.1, 0.15) is 21.6 Å². The van der Waals surface area contributed by atoms with Crippen LogP contribution in [0, 0.1) is 6.92 Å². The Morgan fingerprint density at radius 3 is 2.71 bits per heavy atom. The lowest BCUT2D eigenvalue weighted by Crippen LogP contribution is -2.22. The van der Waals surface area contributed by atoms with Crippen LogP contribution in [0.4, 0.5) is 8.78 Å². The molecule has 0 atom stereocenters. The van der Waals surface area contributed by atoms with Crippen LogP contribution in [0.15, 0.2) is 48.8 Å². The number of fused-ring (bicyclic) bond motifs is 1. The molecule has 1 N–H and O–H groups in total. The summed E-state index contributed by atoms with van der Waals surface area (Å²) in [6.07, 6.45) is 3.74. The highest BCUT2D eigenvalue weighted by atomic mass is 19.3. The van der Waals surface area contributed by atoms with E-state index in [0.29, 0.717) is 5.56 Å². The maximum absolute atomic E-state index is 12.1. The average Bonchev–Trinajstić information content (AvgIpc) is 2.97. The van der Waals surface area contributed by atoms with Gasteiger partial charge in [0.05, 0.1) is 12.2 Å². The molecule has 2 aromatic heterocycles. The van der Waals surface area contributed by atoms with E-state index in [1.165, 1.54) is 24.3 Å². The monoisotopic (exact) mass is 331 g/mol. The fourth-order valence-electron chi connectivity index (χ4n) is 2.35. The standard InChI is InChI=1S/C17H15F2N3O2/c1-11-3-2-8-22-10-13(21-15(11)22)9-20-16(23)12-4-6-14(7-5-12)24-17(18)19/h2-8,10,17H,9H2,1H3,(H,20,23). The van der Waals surface area contributed by atoms with Gasteiger partial charge >= 0.3 is 6.61 Å². The predicted molar refractivity (Wildman–Crippen MR) is 84.2 cm³/mol. The number of pyridine rings is 1. The molecule has 0 unspecified atom stereocenters. The van der Waals surface area contributed by atoms with Crippen molar-refractivity contribution in [3.05, 3.63) is 65.6 Å². The van der Waals surface area contributed by atoms with Crippen molar-refractivity contribution in [3.63, 3.8) is 0 Å². The minimum Gasteiger partial charge on any atom is -0.435 e. The number of ether oxygens (including phenoxy) is 1. The summed E-state index contributed by atoms with van der Waals surface area (Å²) in [6.45, 7) is -0.647. The van der Waals surface area contributed by atoms with Crippen molar-refractivity contribution in [1.82, 2.24) is 14.7 Å². The topological polar surface area (TPSA) is 55.6 Å². The van der Waals surface area contributed by atoms with E-state index in [1.807, 2.05) is 35.9 Å². The van der Waals surface area contributed by atoms with Crippen LogP contribution in [0.2, 0.25) is 0 Å². The Kier molecular flexibility index (Phi) is 4.41. The molecule has 7 heteroatoms. The molecule has 3 aromatic rings. The van der Waals surface area contributed by atoms with Gasteiger partial charge in [0.25, 0.3) is 5.91 Å². The molecule has 0 aliphatic heterocycles. The van der Waals surface area contributed by atoms with Crippen LogP contribution in [-0.2, 0) is 6.54 Å². The van der Waals surface area contributed by atoms with E-state index < -0.39 is 6.61 Å². The largest absolute Gasteiger partial charge is 0.435 e. The lowest BCUT2D eigenvalue weighted by molar-refractivity contribution is -0.0498. The second-order valence-electron chi connectivity index (χ2n) is 5.24. The third kappa shape index (κ3) is 3.51. The van der Waals surface area contributed by atoms with Crippen LogP contribution in [-0.4, -0.2) is 21.9 Å². The lowest BCUT2D eigenvalue weighted by atomic mass is 10.2. The van der Waals surface area contributed by atoms with Gasteiger partial charge in [0.1, 0.15) is 11.4 Å². The minimum atomic E-state index is -2.89. The molecular weight excluding hydrogens is 316 g/mol. The van der Waals surface area contributed by atoms with Gasteiger partial charge in [0.2, 0.25) is 0 Å². The maximum atomic E-state index is 12.1. The van der Waals surface area contributed by atoms with E-state index in [-0.39, 0.29) is 18.2 Å². The summed E-state index contributed by atoms with van der Waals surface area (Å²) in [7, 11) is 0. The first-order chi connectivity index (χ1) is 11.5. The van der Waals surface area contributed by atoms with E-state index >= 15 is 0 Å². The summed E-state index contributed by atoms with van der Waals surface area (Å²) in [5, 5.41) is 2.75. The quantitative estimate of drug-likeness (QED) is 0.781. The second kappa shape index (κ2) is 6.66. The van der Waals surface area contributed by atoms with E-state index in [1.54, 1.807) is 0 Å². The summed E-state index contributed by atoms with van der Waals surface area (Å²) < 4.78 is 30.3. The normalized spacial score (nSPS) is 11.0. The summed E-state index contributed by atoms with van der Waals surface area (Å²) >= 11 is 0. The van der Waals surface area contributed by atoms with Gasteiger partial charge in [-0.2, -0.15) is 8.78 Å². The van der Waals surface area contributed by atoms with Crippen molar-refractivity contribution >= 4 is 11.6 Å². The molecule has 0 radical (unpaired) electrons. The molecule has 24 heavy (non-hydrogen) atoms. The van der Waals surface area contributed by atoms with E-state index in [2.05, 4.69) is 15.0 Å². The van der Waals surface area contributed by atoms with Crippen LogP contribution in [0.5, 0.6) is 5.75 Å². The number of alkyl halides is 2. The number of rotatable bonds is 5. The Balaban J connectivity index is 1.65. The zero-order chi connectivity index (χ0) is 17.1. The van der Waals surface area contributed by atoms with E-state index in [9.17, 15) is 13.6 Å². The number of benzene rings is 1. The molecular formula is C17H15F2N3O2. The minimum absolute atomic E-state index is 0.0115. The Morgan fingerprint density at radius 2 is 2.04 bits per heavy atom. The summed E-state index contributed by atoms with van der Waals surface area (Å²) in [5.41, 5.74) is 2.98. The number of hydrogen-bond donors (Lipinski definition) is 1. The molecule has 5 nitrogen and oxygen atoms in total. The highest BCUT2D eigenvalue weighted by molar-refractivity contribution is 5.94. The number of carbonyl (C=O) groups is 1. The van der Waals surface area contributed by atoms with Crippen molar-refractivity contribution in [2.45, 2.75) is 20.1 Å². The SMILES string of the molecule is Cc1cccn2cc(CNC(=O)c3ccc(OC(F)F)cc3)nc12. The Morgan fingerprint density at radius 1 is 1.29 bits per heavy atom. The summed E-state index contributed by atoms with van der Waals surface area (Å²) in [5.74, 6) is -0.301. The number of aryl methyl sites for hydroxylation is 1. The van der Waals surface area contributed by atoms with Gasteiger partial charge in [-0.05, 0) is 42.8 Å². The van der Waals surface area contributed by atoms with Gasteiger partial charge in [-0.1, -0.05) is 6.07 Å². The van der Waals surface area contributed by atoms with Gasteiger partial charge < -0.3 is 14.5 Å². The molecule has 0 fully saturated rings. The number of halogens is 2. The lowest BCUT2D eigenvalue weighted by Gasteiger charge is -2.06. The maximum Gasteiger partial charge on any atom is 0.387 e. The van der Waals surface area contributed by atoms with Crippen molar-refractivity contribution in [3.8, 4) is 5.75 Å². The fraction of sp³-hybridized carbons (Fsp3) is 0.176. The molecule has 0 saturated heterocycles. The second-order valence-corrected chi connectivity index (χ2v) is 5.24. The van der Waals surface area contributed by atoms with Gasteiger partial charge in [0.15, 0.2) is 0 Å². The first kappa shape index (κ1) is 15.9. The Hall–Kier alpha value is -2.96. The molecule has 0 aliphatic rings. The number of carbonyl (C=O) groups excluding carboxylic acids is 1. The van der Waals surface area contributed by atoms with Gasteiger partial charge in [-0.25, -0.2) is 4.98 Å². The summed E-state index contributed by atoms with van der Waals surface area (Å²) in [4.78, 5) is 16.6. The highest BCUT2D eigenvalue weighted by Gasteiger charge is 2.09. The van der Waals surface area contributed by atoms with Crippen molar-refractivity contribution < 1.29 is 18.3 Å². The van der Waals surface area contributed by atoms with E-state index in [0.717, 1.165) is 16.9 Å². The van der Waals surface area contributed by atoms with Crippen molar-refractivity contribution in [1.29, 1.82) is 0 Å². The third-order valence-electron chi connectivity index (χ3n) is 3.50. The van der Waals surface area contributed by atoms with Crippen LogP contribution in [0.3, 0.4) is 0 Å². The fourth-order valence-corrected chi connectivity index (χ4v) is 2.35. The number of nitrogens with zero attached hydrogens (tertiary/aromatic N) is 2. The molecule has 0 bridgehead atoms. The number of amides is 1. The first-order valence-electron chi connectivity index (χ1n) is 7.29. The summed E-state index contributed by atoms with van der Waals surface area (Å²) in [6, 6.07) is 9.41. The molecule has 0 spiro atoms. The molecule has 2 heterocycles. The molecule has 3 rings (SSSR count). The Bertz CT molecular complexity index is 860. The van der Waals surface area contributed by atoms with Crippen LogP contribution >= 0.6 is 0 Å². The van der Waals surface area contributed by atoms with Crippen molar-refractivity contribution in [2.24, 2.45) is 0 Å². The first-order valence-corrected chi connectivity index (χ1v) is 7.29. The number of hydrogen-bond acceptors (Lipinski definition) is 3. The predicted octanol–water partition coefficient (Wildman–Crippen LogP) is 3.17. The smallest absolute Gasteiger partial charge is 0.387 e. The number of imidazole rings is 1. The average molecular weight is 331 g/mol. The van der Waals surface area contributed by atoms with Gasteiger partial charge in [-0.15, -0.1) is 0 Å². The third-order valence-corrected chi connectivity index (χ3v) is 3.50.